The minimum absolute atomic E-state index is 0.107. The predicted molar refractivity (Wildman–Crippen MR) is 207 cm³/mol. The number of carbonyl (C=O) groups is 2. The van der Waals surface area contributed by atoms with Gasteiger partial charge in [0, 0.05) is 12.8 Å². The Bertz CT molecular complexity index is 939. The minimum Gasteiger partial charge on any atom is -0.756 e. The van der Waals surface area contributed by atoms with Crippen LogP contribution in [0.2, 0.25) is 0 Å². The highest BCUT2D eigenvalue weighted by Gasteiger charge is 2.21. The highest BCUT2D eigenvalue weighted by Crippen LogP contribution is 2.38. The lowest BCUT2D eigenvalue weighted by Gasteiger charge is -2.25. The molecule has 3 N–H and O–H groups in total. The van der Waals surface area contributed by atoms with Gasteiger partial charge < -0.3 is 29.1 Å². The first-order valence-electron chi connectivity index (χ1n) is 20.5. The molecule has 51 heavy (non-hydrogen) atoms. The van der Waals surface area contributed by atoms with Gasteiger partial charge in [0.25, 0.3) is 7.82 Å². The number of unbranched alkanes of at least 4 members (excludes halogenated alkanes) is 19. The van der Waals surface area contributed by atoms with Gasteiger partial charge in [0.1, 0.15) is 13.2 Å². The van der Waals surface area contributed by atoms with E-state index in [0.717, 1.165) is 70.6 Å². The fraction of sp³-hybridized carbons (Fsp3) is 0.805. The van der Waals surface area contributed by atoms with Crippen molar-refractivity contribution in [2.24, 2.45) is 0 Å². The SMILES string of the molecule is CC/C=C\C/C=C\C/C=C\CCCCCCCC(=O)O[C@H](COC(=O)CCCCCCCCCCCCCCCCC)COP(=O)([O-])OCC[NH3+]. The first kappa shape index (κ1) is 49.2. The molecule has 0 amide bonds. The van der Waals surface area contributed by atoms with Crippen LogP contribution in [0.3, 0.4) is 0 Å². The number of ether oxygens (including phenoxy) is 2. The second kappa shape index (κ2) is 38.0. The molecule has 298 valence electrons. The lowest BCUT2D eigenvalue weighted by atomic mass is 10.0. The first-order chi connectivity index (χ1) is 24.8. The van der Waals surface area contributed by atoms with Gasteiger partial charge in [-0.2, -0.15) is 0 Å². The average molecular weight is 742 g/mol. The summed E-state index contributed by atoms with van der Waals surface area (Å²) in [6.07, 6.45) is 40.2. The molecule has 0 aromatic rings. The Hall–Kier alpha value is -1.77. The van der Waals surface area contributed by atoms with Gasteiger partial charge in [0.15, 0.2) is 6.10 Å². The molecule has 0 heterocycles. The fourth-order valence-electron chi connectivity index (χ4n) is 5.54. The monoisotopic (exact) mass is 742 g/mol. The van der Waals surface area contributed by atoms with E-state index in [9.17, 15) is 19.0 Å². The number of carbonyl (C=O) groups excluding carboxylic acids is 2. The van der Waals surface area contributed by atoms with Gasteiger partial charge in [-0.3, -0.25) is 14.2 Å². The van der Waals surface area contributed by atoms with Crippen molar-refractivity contribution in [1.29, 1.82) is 0 Å². The molecule has 0 spiro atoms. The second-order valence-electron chi connectivity index (χ2n) is 13.5. The third kappa shape index (κ3) is 37.8. The second-order valence-corrected chi connectivity index (χ2v) is 14.9. The third-order valence-corrected chi connectivity index (χ3v) is 9.52. The average Bonchev–Trinajstić information content (AvgIpc) is 3.11. The van der Waals surface area contributed by atoms with Crippen LogP contribution in [-0.4, -0.2) is 44.4 Å². The smallest absolute Gasteiger partial charge is 0.306 e. The number of hydrogen-bond acceptors (Lipinski definition) is 8. The summed E-state index contributed by atoms with van der Waals surface area (Å²) in [5, 5.41) is 0. The molecule has 0 bridgehead atoms. The zero-order chi connectivity index (χ0) is 37.5. The minimum atomic E-state index is -4.59. The van der Waals surface area contributed by atoms with E-state index in [1.165, 1.54) is 77.0 Å². The van der Waals surface area contributed by atoms with Crippen LogP contribution in [0, 0.1) is 0 Å². The number of allylic oxidation sites excluding steroid dienone is 6. The van der Waals surface area contributed by atoms with Gasteiger partial charge in [-0.15, -0.1) is 0 Å². The number of quaternary nitrogens is 1. The van der Waals surface area contributed by atoms with E-state index in [2.05, 4.69) is 56.0 Å². The number of phosphoric acid groups is 1. The molecule has 0 saturated heterocycles. The Labute approximate surface area is 312 Å². The van der Waals surface area contributed by atoms with E-state index in [-0.39, 0.29) is 32.6 Å². The molecule has 0 saturated carbocycles. The van der Waals surface area contributed by atoms with Crippen molar-refractivity contribution in [3.63, 3.8) is 0 Å². The number of phosphoric ester groups is 1. The van der Waals surface area contributed by atoms with Crippen LogP contribution in [0.25, 0.3) is 0 Å². The van der Waals surface area contributed by atoms with Gasteiger partial charge >= 0.3 is 11.9 Å². The molecule has 1 unspecified atom stereocenters. The number of hydrogen-bond donors (Lipinski definition) is 1. The molecule has 9 nitrogen and oxygen atoms in total. The first-order valence-corrected chi connectivity index (χ1v) is 22.0. The Kier molecular flexibility index (Phi) is 36.7. The summed E-state index contributed by atoms with van der Waals surface area (Å²) in [5.41, 5.74) is 3.55. The van der Waals surface area contributed by atoms with Crippen molar-refractivity contribution in [1.82, 2.24) is 0 Å². The van der Waals surface area contributed by atoms with Crippen molar-refractivity contribution in [3.05, 3.63) is 36.5 Å². The van der Waals surface area contributed by atoms with Crippen LogP contribution in [0.5, 0.6) is 0 Å². The van der Waals surface area contributed by atoms with Crippen molar-refractivity contribution >= 4 is 19.8 Å². The van der Waals surface area contributed by atoms with Crippen LogP contribution in [-0.2, 0) is 32.7 Å². The van der Waals surface area contributed by atoms with Crippen molar-refractivity contribution in [2.75, 3.05) is 26.4 Å². The summed E-state index contributed by atoms with van der Waals surface area (Å²) in [7, 11) is -4.59. The molecule has 0 aliphatic heterocycles. The highest BCUT2D eigenvalue weighted by atomic mass is 31.2. The summed E-state index contributed by atoms with van der Waals surface area (Å²) in [5.74, 6) is -0.863. The molecule has 0 aliphatic carbocycles. The molecule has 0 aliphatic rings. The lowest BCUT2D eigenvalue weighted by molar-refractivity contribution is -0.373. The van der Waals surface area contributed by atoms with Gasteiger partial charge in [0.2, 0.25) is 0 Å². The van der Waals surface area contributed by atoms with Crippen molar-refractivity contribution in [3.8, 4) is 0 Å². The van der Waals surface area contributed by atoms with Crippen LogP contribution < -0.4 is 10.6 Å². The zero-order valence-corrected chi connectivity index (χ0v) is 33.6. The molecule has 2 atom stereocenters. The fourth-order valence-corrected chi connectivity index (χ4v) is 6.31. The summed E-state index contributed by atoms with van der Waals surface area (Å²) >= 11 is 0. The molecule has 0 aromatic carbocycles. The topological polar surface area (TPSA) is 139 Å². The van der Waals surface area contributed by atoms with E-state index in [1.54, 1.807) is 0 Å². The molecule has 0 radical (unpaired) electrons. The number of esters is 2. The number of rotatable bonds is 38. The Balaban J connectivity index is 4.20. The molecule has 0 aromatic heterocycles. The molecular formula is C41H76NO8P. The van der Waals surface area contributed by atoms with E-state index in [0.29, 0.717) is 6.42 Å². The molecule has 0 rings (SSSR count). The van der Waals surface area contributed by atoms with Crippen molar-refractivity contribution < 1.29 is 43.3 Å². The van der Waals surface area contributed by atoms with E-state index >= 15 is 0 Å². The van der Waals surface area contributed by atoms with Gasteiger partial charge in [-0.05, 0) is 44.9 Å². The maximum absolute atomic E-state index is 12.5. The Morgan fingerprint density at radius 3 is 1.61 bits per heavy atom. The molecular weight excluding hydrogens is 665 g/mol. The van der Waals surface area contributed by atoms with E-state index in [4.69, 9.17) is 18.5 Å². The highest BCUT2D eigenvalue weighted by molar-refractivity contribution is 7.45. The quantitative estimate of drug-likeness (QED) is 0.0286. The maximum atomic E-state index is 12.5. The van der Waals surface area contributed by atoms with Crippen molar-refractivity contribution in [2.45, 2.75) is 187 Å². The van der Waals surface area contributed by atoms with Gasteiger partial charge in [-0.25, -0.2) is 0 Å². The van der Waals surface area contributed by atoms with E-state index in [1.807, 2.05) is 0 Å². The molecule has 0 fully saturated rings. The Morgan fingerprint density at radius 1 is 0.608 bits per heavy atom. The largest absolute Gasteiger partial charge is 0.756 e. The summed E-state index contributed by atoms with van der Waals surface area (Å²) < 4.78 is 32.5. The summed E-state index contributed by atoms with van der Waals surface area (Å²) in [6.45, 7) is 3.80. The van der Waals surface area contributed by atoms with Crippen LogP contribution >= 0.6 is 7.82 Å². The van der Waals surface area contributed by atoms with Crippen LogP contribution in [0.1, 0.15) is 181 Å². The van der Waals surface area contributed by atoms with Gasteiger partial charge in [-0.1, -0.05) is 159 Å². The summed E-state index contributed by atoms with van der Waals surface area (Å²) in [6, 6.07) is 0. The lowest BCUT2D eigenvalue weighted by Crippen LogP contribution is -2.52. The molecule has 10 heteroatoms. The zero-order valence-electron chi connectivity index (χ0n) is 32.7. The van der Waals surface area contributed by atoms with E-state index < -0.39 is 32.5 Å². The summed E-state index contributed by atoms with van der Waals surface area (Å²) in [4.78, 5) is 36.9. The normalized spacial score (nSPS) is 13.7. The van der Waals surface area contributed by atoms with Crippen LogP contribution in [0.15, 0.2) is 36.5 Å². The Morgan fingerprint density at radius 2 is 1.08 bits per heavy atom. The third-order valence-electron chi connectivity index (χ3n) is 8.56. The predicted octanol–water partition coefficient (Wildman–Crippen LogP) is 10.0. The standard InChI is InChI=1S/C41H76NO8P/c1-3-5-7-9-11-13-15-17-19-21-23-25-27-29-31-33-40(43)47-37-39(38-49-51(45,46)48-36-35-42)50-41(44)34-32-30-28-26-24-22-20-18-16-14-12-10-8-6-4-2/h6,8,12,14,18,20,39H,3-5,7,9-11,13,15-17,19,21-38,42H2,1-2H3,(H,45,46)/b8-6-,14-12-,20-18-/t39-/m1/s1. The van der Waals surface area contributed by atoms with Crippen LogP contribution in [0.4, 0.5) is 0 Å². The van der Waals surface area contributed by atoms with Gasteiger partial charge in [0.05, 0.1) is 13.2 Å². The maximum Gasteiger partial charge on any atom is 0.306 e.